The number of hydrogen-bond donors (Lipinski definition) is 4. The van der Waals surface area contributed by atoms with Gasteiger partial charge in [0, 0.05) is 36.0 Å². The van der Waals surface area contributed by atoms with Gasteiger partial charge < -0.3 is 20.4 Å². The lowest BCUT2D eigenvalue weighted by Gasteiger charge is -2.14. The molecule has 2 aromatic carbocycles. The predicted octanol–water partition coefficient (Wildman–Crippen LogP) is 5.88. The summed E-state index contributed by atoms with van der Waals surface area (Å²) in [7, 11) is 3.88. The molecule has 3 heterocycles. The molecule has 250 valence electrons. The maximum atomic E-state index is 13.5. The largest absolute Gasteiger partial charge is 0.493 e. The molecule has 5 aromatic rings. The standard InChI is InChI=1S/C35H35N9O5/c1-22-20-28(45)37-33(47)29(22)40-38-25-14-12-24(13-15-25)32(46)36-26-10-8-11-27(21-26)39-41-30-23(2)31(43-17-6-5-7-18-43)35(49)44(34(30)48)19-9-16-42(3)4/h5-8,10-15,17-18,20-21H,9,16,19H2,1-4H3,(H3-,36,37,38,39,45,46,47,48,49)/p+1. The van der Waals surface area contributed by atoms with Crippen molar-refractivity contribution in [3.8, 4) is 17.4 Å². The first-order valence-electron chi connectivity index (χ1n) is 15.4. The molecule has 0 radical (unpaired) electrons. The van der Waals surface area contributed by atoms with Crippen LogP contribution in [0.1, 0.15) is 27.9 Å². The molecule has 0 saturated heterocycles. The Morgan fingerprint density at radius 2 is 1.57 bits per heavy atom. The van der Waals surface area contributed by atoms with Crippen LogP contribution in [-0.2, 0) is 6.54 Å². The molecule has 0 bridgehead atoms. The fourth-order valence-corrected chi connectivity index (χ4v) is 5.05. The van der Waals surface area contributed by atoms with Crippen molar-refractivity contribution in [2.75, 3.05) is 26.0 Å². The van der Waals surface area contributed by atoms with Crippen LogP contribution in [0.3, 0.4) is 0 Å². The highest BCUT2D eigenvalue weighted by atomic mass is 16.3. The lowest BCUT2D eigenvalue weighted by atomic mass is 10.2. The van der Waals surface area contributed by atoms with E-state index in [9.17, 15) is 24.6 Å². The first-order valence-corrected chi connectivity index (χ1v) is 15.4. The van der Waals surface area contributed by atoms with Crippen LogP contribution in [-0.4, -0.2) is 51.2 Å². The lowest BCUT2D eigenvalue weighted by molar-refractivity contribution is -0.597. The van der Waals surface area contributed by atoms with E-state index < -0.39 is 5.56 Å². The fourth-order valence-electron chi connectivity index (χ4n) is 5.05. The van der Waals surface area contributed by atoms with Gasteiger partial charge in [0.25, 0.3) is 17.2 Å². The van der Waals surface area contributed by atoms with Crippen LogP contribution in [0.2, 0.25) is 0 Å². The Morgan fingerprint density at radius 1 is 0.878 bits per heavy atom. The number of benzene rings is 2. The third-order valence-electron chi connectivity index (χ3n) is 7.54. The minimum atomic E-state index is -0.446. The summed E-state index contributed by atoms with van der Waals surface area (Å²) in [5, 5.41) is 40.8. The summed E-state index contributed by atoms with van der Waals surface area (Å²) in [4.78, 5) is 42.3. The van der Waals surface area contributed by atoms with Gasteiger partial charge in [-0.2, -0.15) is 14.8 Å². The summed E-state index contributed by atoms with van der Waals surface area (Å²) in [5.41, 5.74) is 2.46. The molecule has 0 aliphatic rings. The zero-order valence-corrected chi connectivity index (χ0v) is 27.5. The highest BCUT2D eigenvalue weighted by Crippen LogP contribution is 2.33. The van der Waals surface area contributed by atoms with Crippen molar-refractivity contribution in [3.63, 3.8) is 0 Å². The summed E-state index contributed by atoms with van der Waals surface area (Å²) >= 11 is 0. The number of azo groups is 2. The van der Waals surface area contributed by atoms with E-state index in [1.807, 2.05) is 37.2 Å². The Balaban J connectivity index is 1.35. The summed E-state index contributed by atoms with van der Waals surface area (Å²) in [5.74, 6) is -1.04. The van der Waals surface area contributed by atoms with Gasteiger partial charge in [-0.05, 0) is 88.9 Å². The zero-order valence-electron chi connectivity index (χ0n) is 27.5. The van der Waals surface area contributed by atoms with E-state index in [0.29, 0.717) is 45.9 Å². The van der Waals surface area contributed by atoms with Crippen molar-refractivity contribution in [1.82, 2.24) is 14.5 Å². The van der Waals surface area contributed by atoms with Crippen LogP contribution in [0.25, 0.3) is 5.69 Å². The summed E-state index contributed by atoms with van der Waals surface area (Å²) in [6.45, 7) is 4.36. The van der Waals surface area contributed by atoms with Gasteiger partial charge in [-0.25, -0.2) is 0 Å². The number of aromatic amines is 1. The number of rotatable bonds is 11. The predicted molar refractivity (Wildman–Crippen MR) is 184 cm³/mol. The highest BCUT2D eigenvalue weighted by Gasteiger charge is 2.25. The molecule has 4 N–H and O–H groups in total. The third-order valence-corrected chi connectivity index (χ3v) is 7.54. The number of carbonyl (C=O) groups excluding carboxylic acids is 1. The monoisotopic (exact) mass is 662 g/mol. The molecule has 0 saturated carbocycles. The lowest BCUT2D eigenvalue weighted by Crippen LogP contribution is -2.40. The topological polar surface area (TPSA) is 181 Å². The molecule has 0 aliphatic heterocycles. The molecule has 0 unspecified atom stereocenters. The highest BCUT2D eigenvalue weighted by molar-refractivity contribution is 6.04. The molecule has 3 aromatic heterocycles. The van der Waals surface area contributed by atoms with Crippen LogP contribution in [0.4, 0.5) is 28.4 Å². The number of nitrogens with zero attached hydrogens (tertiary/aromatic N) is 7. The zero-order chi connectivity index (χ0) is 35.1. The van der Waals surface area contributed by atoms with Gasteiger partial charge in [-0.3, -0.25) is 23.9 Å². The van der Waals surface area contributed by atoms with E-state index >= 15 is 0 Å². The van der Waals surface area contributed by atoms with E-state index in [1.165, 1.54) is 10.6 Å². The number of hydrogen-bond acceptors (Lipinski definition) is 10. The maximum absolute atomic E-state index is 13.5. The van der Waals surface area contributed by atoms with Crippen LogP contribution < -0.4 is 21.0 Å². The van der Waals surface area contributed by atoms with Gasteiger partial charge in [0.15, 0.2) is 18.1 Å². The van der Waals surface area contributed by atoms with Crippen molar-refractivity contribution in [3.05, 3.63) is 123 Å². The molecule has 14 heteroatoms. The molecule has 49 heavy (non-hydrogen) atoms. The first kappa shape index (κ1) is 34.1. The van der Waals surface area contributed by atoms with E-state index in [0.717, 1.165) is 6.54 Å². The van der Waals surface area contributed by atoms with E-state index in [1.54, 1.807) is 79.3 Å². The first-order chi connectivity index (χ1) is 23.5. The summed E-state index contributed by atoms with van der Waals surface area (Å²) in [6.07, 6.45) is 4.16. The second-order valence-corrected chi connectivity index (χ2v) is 11.5. The molecule has 0 aliphatic carbocycles. The maximum Gasteiger partial charge on any atom is 0.326 e. The van der Waals surface area contributed by atoms with Gasteiger partial charge in [0.1, 0.15) is 5.69 Å². The minimum absolute atomic E-state index is 0.140. The van der Waals surface area contributed by atoms with Crippen molar-refractivity contribution < 1.29 is 19.6 Å². The average molecular weight is 663 g/mol. The number of aryl methyl sites for hydroxylation is 1. The van der Waals surface area contributed by atoms with Crippen molar-refractivity contribution in [2.24, 2.45) is 20.5 Å². The molecular formula is C35H36N9O5+. The fraction of sp³-hybridized carbons (Fsp3) is 0.200. The van der Waals surface area contributed by atoms with Gasteiger partial charge in [0.05, 0.1) is 16.9 Å². The Kier molecular flexibility index (Phi) is 10.5. The van der Waals surface area contributed by atoms with Crippen LogP contribution in [0, 0.1) is 13.8 Å². The van der Waals surface area contributed by atoms with Gasteiger partial charge in [-0.15, -0.1) is 10.2 Å². The van der Waals surface area contributed by atoms with Crippen molar-refractivity contribution >= 4 is 34.3 Å². The molecular weight excluding hydrogens is 626 g/mol. The van der Waals surface area contributed by atoms with Crippen LogP contribution in [0.15, 0.2) is 115 Å². The van der Waals surface area contributed by atoms with Gasteiger partial charge in [-0.1, -0.05) is 12.1 Å². The molecule has 5 rings (SSSR count). The Hall–Kier alpha value is -6.28. The second-order valence-electron chi connectivity index (χ2n) is 11.5. The average Bonchev–Trinajstić information content (AvgIpc) is 3.06. The molecule has 0 spiro atoms. The number of anilines is 1. The minimum Gasteiger partial charge on any atom is -0.493 e. The number of aromatic nitrogens is 3. The molecule has 0 fully saturated rings. The SMILES string of the molecule is Cc1cc(=O)[nH]c(O)c1N=Nc1ccc(C(=O)Nc2cccc(N=Nc3c(C)c(-[n+]4ccccc4)c(=O)n(CCCN(C)C)c3O)c2)cc1. The van der Waals surface area contributed by atoms with E-state index in [4.69, 9.17) is 0 Å². The van der Waals surface area contributed by atoms with E-state index in [2.05, 4.69) is 30.8 Å². The number of carbonyl (C=O) groups is 1. The van der Waals surface area contributed by atoms with Crippen molar-refractivity contribution in [2.45, 2.75) is 26.8 Å². The summed E-state index contributed by atoms with van der Waals surface area (Å²) in [6, 6.07) is 19.9. The Bertz CT molecular complexity index is 2130. The number of pyridine rings is 3. The van der Waals surface area contributed by atoms with Gasteiger partial charge in [0.2, 0.25) is 11.8 Å². The Morgan fingerprint density at radius 3 is 2.27 bits per heavy atom. The second kappa shape index (κ2) is 15.1. The van der Waals surface area contributed by atoms with E-state index in [-0.39, 0.29) is 41.1 Å². The molecule has 14 nitrogen and oxygen atoms in total. The smallest absolute Gasteiger partial charge is 0.326 e. The number of aromatic hydroxyl groups is 2. The Labute approximate surface area is 281 Å². The normalized spacial score (nSPS) is 11.5. The quantitative estimate of drug-likeness (QED) is 0.101. The summed E-state index contributed by atoms with van der Waals surface area (Å²) < 4.78 is 3.01. The molecule has 0 atom stereocenters. The molecule has 1 amide bonds. The van der Waals surface area contributed by atoms with Gasteiger partial charge >= 0.3 is 5.56 Å². The third kappa shape index (κ3) is 8.18. The van der Waals surface area contributed by atoms with Crippen molar-refractivity contribution in [1.29, 1.82) is 0 Å². The number of amides is 1. The van der Waals surface area contributed by atoms with Crippen LogP contribution >= 0.6 is 0 Å². The number of H-pyrrole nitrogens is 1. The number of nitrogens with one attached hydrogen (secondary N) is 2. The van der Waals surface area contributed by atoms with Crippen LogP contribution in [0.5, 0.6) is 11.8 Å².